The van der Waals surface area contributed by atoms with Crippen molar-refractivity contribution >= 4 is 5.82 Å². The number of aromatic nitrogens is 1. The number of rotatable bonds is 4. The number of nitrogens with zero attached hydrogens (tertiary/aromatic N) is 2. The molecule has 0 aliphatic rings. The van der Waals surface area contributed by atoms with Crippen molar-refractivity contribution in [2.24, 2.45) is 0 Å². The van der Waals surface area contributed by atoms with Crippen LogP contribution in [0.3, 0.4) is 0 Å². The molecule has 0 N–H and O–H groups in total. The van der Waals surface area contributed by atoms with Crippen LogP contribution in [0.25, 0.3) is 0 Å². The van der Waals surface area contributed by atoms with Crippen molar-refractivity contribution in [3.8, 4) is 0 Å². The summed E-state index contributed by atoms with van der Waals surface area (Å²) < 4.78 is 2.35. The second-order valence-electron chi connectivity index (χ2n) is 3.25. The third-order valence-electron chi connectivity index (χ3n) is 2.58. The van der Waals surface area contributed by atoms with Crippen molar-refractivity contribution in [3.63, 3.8) is 0 Å². The summed E-state index contributed by atoms with van der Waals surface area (Å²) in [5.74, 6) is 1.35. The molecule has 74 valence electrons. The predicted molar refractivity (Wildman–Crippen MR) is 58.4 cm³/mol. The van der Waals surface area contributed by atoms with Crippen LogP contribution in [0.15, 0.2) is 12.1 Å². The molecule has 2 heteroatoms. The van der Waals surface area contributed by atoms with Gasteiger partial charge in [0.05, 0.1) is 0 Å². The van der Waals surface area contributed by atoms with Crippen molar-refractivity contribution < 1.29 is 0 Å². The fraction of sp³-hybridized carbons (Fsp3) is 0.636. The van der Waals surface area contributed by atoms with Gasteiger partial charge in [-0.25, -0.2) is 0 Å². The van der Waals surface area contributed by atoms with Gasteiger partial charge in [0, 0.05) is 25.3 Å². The molecular formula is C11H20N2. The van der Waals surface area contributed by atoms with Crippen molar-refractivity contribution in [1.29, 1.82) is 0 Å². The fourth-order valence-electron chi connectivity index (χ4n) is 1.79. The summed E-state index contributed by atoms with van der Waals surface area (Å²) in [5, 5.41) is 0. The number of aryl methyl sites for hydroxylation is 1. The first-order valence-corrected chi connectivity index (χ1v) is 5.15. The Morgan fingerprint density at radius 1 is 1.15 bits per heavy atom. The SMILES string of the molecule is CCN(CC)c1ccc(C)n1CC. The number of hydrogen-bond acceptors (Lipinski definition) is 1. The van der Waals surface area contributed by atoms with Crippen molar-refractivity contribution in [3.05, 3.63) is 17.8 Å². The van der Waals surface area contributed by atoms with Crippen LogP contribution >= 0.6 is 0 Å². The Balaban J connectivity index is 2.98. The molecule has 0 spiro atoms. The third-order valence-corrected chi connectivity index (χ3v) is 2.58. The maximum atomic E-state index is 2.39. The average Bonchev–Trinajstić information content (AvgIpc) is 2.50. The van der Waals surface area contributed by atoms with Crippen LogP contribution in [-0.2, 0) is 6.54 Å². The first kappa shape index (κ1) is 10.2. The zero-order valence-electron chi connectivity index (χ0n) is 9.17. The number of anilines is 1. The lowest BCUT2D eigenvalue weighted by Gasteiger charge is -2.23. The maximum Gasteiger partial charge on any atom is 0.108 e. The smallest absolute Gasteiger partial charge is 0.108 e. The van der Waals surface area contributed by atoms with Gasteiger partial charge in [-0.2, -0.15) is 0 Å². The van der Waals surface area contributed by atoms with Gasteiger partial charge >= 0.3 is 0 Å². The van der Waals surface area contributed by atoms with Gasteiger partial charge in [-0.1, -0.05) is 0 Å². The summed E-state index contributed by atoms with van der Waals surface area (Å²) in [6.07, 6.45) is 0. The van der Waals surface area contributed by atoms with Crippen LogP contribution in [0.1, 0.15) is 26.5 Å². The fourth-order valence-corrected chi connectivity index (χ4v) is 1.79. The molecule has 0 aliphatic carbocycles. The highest BCUT2D eigenvalue weighted by Gasteiger charge is 2.07. The molecule has 13 heavy (non-hydrogen) atoms. The highest BCUT2D eigenvalue weighted by atomic mass is 15.2. The Morgan fingerprint density at radius 3 is 2.23 bits per heavy atom. The van der Waals surface area contributed by atoms with E-state index in [4.69, 9.17) is 0 Å². The molecule has 0 amide bonds. The average molecular weight is 180 g/mol. The minimum absolute atomic E-state index is 1.06. The van der Waals surface area contributed by atoms with Gasteiger partial charge in [0.15, 0.2) is 0 Å². The van der Waals surface area contributed by atoms with E-state index in [2.05, 4.69) is 49.3 Å². The summed E-state index contributed by atoms with van der Waals surface area (Å²) in [5.41, 5.74) is 1.35. The Labute approximate surface area is 81.2 Å². The first-order chi connectivity index (χ1) is 6.24. The molecule has 0 aliphatic heterocycles. The van der Waals surface area contributed by atoms with E-state index in [1.54, 1.807) is 0 Å². The minimum atomic E-state index is 1.06. The zero-order valence-corrected chi connectivity index (χ0v) is 9.17. The molecule has 0 atom stereocenters. The zero-order chi connectivity index (χ0) is 9.84. The van der Waals surface area contributed by atoms with E-state index in [9.17, 15) is 0 Å². The Morgan fingerprint density at radius 2 is 1.77 bits per heavy atom. The molecule has 0 aromatic carbocycles. The highest BCUT2D eigenvalue weighted by Crippen LogP contribution is 2.18. The lowest BCUT2D eigenvalue weighted by Crippen LogP contribution is -2.24. The lowest BCUT2D eigenvalue weighted by molar-refractivity contribution is 0.706. The van der Waals surface area contributed by atoms with Gasteiger partial charge in [-0.05, 0) is 39.8 Å². The van der Waals surface area contributed by atoms with E-state index >= 15 is 0 Å². The molecule has 0 fully saturated rings. The molecule has 0 bridgehead atoms. The van der Waals surface area contributed by atoms with Crippen LogP contribution in [-0.4, -0.2) is 17.7 Å². The summed E-state index contributed by atoms with van der Waals surface area (Å²) in [4.78, 5) is 2.39. The van der Waals surface area contributed by atoms with E-state index in [-0.39, 0.29) is 0 Å². The molecule has 0 saturated carbocycles. The van der Waals surface area contributed by atoms with E-state index < -0.39 is 0 Å². The minimum Gasteiger partial charge on any atom is -0.359 e. The van der Waals surface area contributed by atoms with E-state index in [0.717, 1.165) is 19.6 Å². The molecule has 2 nitrogen and oxygen atoms in total. The summed E-state index contributed by atoms with van der Waals surface area (Å²) in [7, 11) is 0. The lowest BCUT2D eigenvalue weighted by atomic mass is 10.4. The molecule has 1 aromatic heterocycles. The molecular weight excluding hydrogens is 160 g/mol. The Hall–Kier alpha value is -0.920. The molecule has 1 rings (SSSR count). The second kappa shape index (κ2) is 4.35. The van der Waals surface area contributed by atoms with E-state index in [0.29, 0.717) is 0 Å². The molecule has 1 heterocycles. The Bertz CT molecular complexity index is 259. The molecule has 1 aromatic rings. The van der Waals surface area contributed by atoms with Crippen molar-refractivity contribution in [2.45, 2.75) is 34.2 Å². The topological polar surface area (TPSA) is 8.17 Å². The molecule has 0 saturated heterocycles. The van der Waals surface area contributed by atoms with Crippen LogP contribution in [0.5, 0.6) is 0 Å². The van der Waals surface area contributed by atoms with Crippen LogP contribution in [0.4, 0.5) is 5.82 Å². The van der Waals surface area contributed by atoms with Gasteiger partial charge in [-0.3, -0.25) is 0 Å². The van der Waals surface area contributed by atoms with Crippen LogP contribution < -0.4 is 4.90 Å². The molecule has 0 unspecified atom stereocenters. The van der Waals surface area contributed by atoms with E-state index in [1.165, 1.54) is 11.5 Å². The van der Waals surface area contributed by atoms with Gasteiger partial charge in [0.2, 0.25) is 0 Å². The largest absolute Gasteiger partial charge is 0.359 e. The standard InChI is InChI=1S/C11H20N2/c1-5-12(6-2)11-9-8-10(4)13(11)7-3/h8-9H,5-7H2,1-4H3. The van der Waals surface area contributed by atoms with Crippen molar-refractivity contribution in [2.75, 3.05) is 18.0 Å². The normalized spacial score (nSPS) is 10.5. The van der Waals surface area contributed by atoms with Gasteiger partial charge in [0.1, 0.15) is 5.82 Å². The first-order valence-electron chi connectivity index (χ1n) is 5.15. The number of hydrogen-bond donors (Lipinski definition) is 0. The van der Waals surface area contributed by atoms with Gasteiger partial charge in [-0.15, -0.1) is 0 Å². The molecule has 0 radical (unpaired) electrons. The summed E-state index contributed by atoms with van der Waals surface area (Å²) in [6.45, 7) is 12.0. The predicted octanol–water partition coefficient (Wildman–Crippen LogP) is 2.66. The van der Waals surface area contributed by atoms with Gasteiger partial charge < -0.3 is 9.47 Å². The summed E-state index contributed by atoms with van der Waals surface area (Å²) in [6, 6.07) is 4.41. The van der Waals surface area contributed by atoms with Crippen molar-refractivity contribution in [1.82, 2.24) is 4.57 Å². The van der Waals surface area contributed by atoms with E-state index in [1.807, 2.05) is 0 Å². The van der Waals surface area contributed by atoms with Crippen LogP contribution in [0, 0.1) is 6.92 Å². The maximum absolute atomic E-state index is 2.39. The van der Waals surface area contributed by atoms with Gasteiger partial charge in [0.25, 0.3) is 0 Å². The van der Waals surface area contributed by atoms with Crippen LogP contribution in [0.2, 0.25) is 0 Å². The highest BCUT2D eigenvalue weighted by molar-refractivity contribution is 5.42. The monoisotopic (exact) mass is 180 g/mol. The quantitative estimate of drug-likeness (QED) is 0.691. The summed E-state index contributed by atoms with van der Waals surface area (Å²) >= 11 is 0. The second-order valence-corrected chi connectivity index (χ2v) is 3.25. The Kier molecular flexibility index (Phi) is 3.40. The third kappa shape index (κ3) is 1.87.